The van der Waals surface area contributed by atoms with Crippen molar-refractivity contribution in [3.05, 3.63) is 34.9 Å². The van der Waals surface area contributed by atoms with Gasteiger partial charge in [0.05, 0.1) is 6.10 Å². The number of carbonyl (C=O) groups excluding carboxylic acids is 1. The molecule has 3 nitrogen and oxygen atoms in total. The molecule has 1 aliphatic rings. The van der Waals surface area contributed by atoms with Gasteiger partial charge in [0.15, 0.2) is 0 Å². The molecule has 0 unspecified atom stereocenters. The Labute approximate surface area is 141 Å². The molecule has 0 aromatic heterocycles. The summed E-state index contributed by atoms with van der Waals surface area (Å²) < 4.78 is 0. The van der Waals surface area contributed by atoms with Crippen molar-refractivity contribution >= 4 is 29.3 Å². The molecule has 2 atom stereocenters. The number of nitrogens with one attached hydrogen (secondary N) is 1. The van der Waals surface area contributed by atoms with Crippen LogP contribution >= 0.6 is 23.4 Å². The van der Waals surface area contributed by atoms with Gasteiger partial charge < -0.3 is 10.4 Å². The Hall–Kier alpha value is -0.710. The molecule has 1 aromatic carbocycles. The lowest BCUT2D eigenvalue weighted by Gasteiger charge is -2.24. The third-order valence-corrected chi connectivity index (χ3v) is 5.46. The molecule has 5 heteroatoms. The normalized spacial score (nSPS) is 21.5. The first kappa shape index (κ1) is 17.6. The van der Waals surface area contributed by atoms with Crippen molar-refractivity contribution in [1.29, 1.82) is 0 Å². The second-order valence-electron chi connectivity index (χ2n) is 5.81. The van der Waals surface area contributed by atoms with Crippen molar-refractivity contribution in [2.75, 3.05) is 12.3 Å². The van der Waals surface area contributed by atoms with Crippen LogP contribution in [0.3, 0.4) is 0 Å². The van der Waals surface area contributed by atoms with Crippen LogP contribution in [0, 0.1) is 5.92 Å². The van der Waals surface area contributed by atoms with E-state index in [9.17, 15) is 9.90 Å². The minimum atomic E-state index is -0.296. The number of aliphatic hydroxyl groups excluding tert-OH is 1. The van der Waals surface area contributed by atoms with E-state index >= 15 is 0 Å². The van der Waals surface area contributed by atoms with Gasteiger partial charge in [-0.05, 0) is 43.1 Å². The van der Waals surface area contributed by atoms with E-state index in [2.05, 4.69) is 5.32 Å². The molecular weight excluding hydrogens is 318 g/mol. The van der Waals surface area contributed by atoms with Gasteiger partial charge in [0.2, 0.25) is 5.91 Å². The van der Waals surface area contributed by atoms with Gasteiger partial charge in [-0.3, -0.25) is 4.79 Å². The van der Waals surface area contributed by atoms with Crippen molar-refractivity contribution in [2.24, 2.45) is 5.92 Å². The number of rotatable bonds is 7. The Morgan fingerprint density at radius 2 is 2.18 bits per heavy atom. The van der Waals surface area contributed by atoms with Crippen LogP contribution in [0.15, 0.2) is 24.3 Å². The van der Waals surface area contributed by atoms with E-state index < -0.39 is 0 Å². The highest BCUT2D eigenvalue weighted by Crippen LogP contribution is 2.24. The zero-order valence-corrected chi connectivity index (χ0v) is 14.3. The third-order valence-electron chi connectivity index (χ3n) is 4.00. The zero-order valence-electron chi connectivity index (χ0n) is 12.8. The van der Waals surface area contributed by atoms with Crippen molar-refractivity contribution in [1.82, 2.24) is 5.32 Å². The fraction of sp³-hybridized carbons (Fsp3) is 0.588. The van der Waals surface area contributed by atoms with E-state index in [1.165, 1.54) is 0 Å². The number of hydrogen-bond donors (Lipinski definition) is 2. The standard InChI is InChI=1S/C17H24ClNO2S/c18-16-8-2-1-5-14(16)12-22-10-4-9-19-17(21)13-6-3-7-15(20)11-13/h1-2,5,8,13,15,20H,3-4,6-7,9-12H2,(H,19,21)/t13-,15+/m0/s1. The lowest BCUT2D eigenvalue weighted by atomic mass is 9.87. The quantitative estimate of drug-likeness (QED) is 0.744. The van der Waals surface area contributed by atoms with Crippen LogP contribution in [0.2, 0.25) is 5.02 Å². The number of halogens is 1. The first-order valence-electron chi connectivity index (χ1n) is 7.93. The van der Waals surface area contributed by atoms with Gasteiger partial charge in [-0.2, -0.15) is 11.8 Å². The van der Waals surface area contributed by atoms with E-state index in [1.807, 2.05) is 36.0 Å². The molecule has 0 saturated heterocycles. The predicted molar refractivity (Wildman–Crippen MR) is 93.2 cm³/mol. The summed E-state index contributed by atoms with van der Waals surface area (Å²) in [6.45, 7) is 0.709. The topological polar surface area (TPSA) is 49.3 Å². The van der Waals surface area contributed by atoms with Crippen LogP contribution in [-0.4, -0.2) is 29.4 Å². The minimum Gasteiger partial charge on any atom is -0.393 e. The highest BCUT2D eigenvalue weighted by atomic mass is 35.5. The Kier molecular flexibility index (Phi) is 7.56. The Morgan fingerprint density at radius 1 is 1.36 bits per heavy atom. The van der Waals surface area contributed by atoms with Crippen LogP contribution < -0.4 is 5.32 Å². The molecule has 22 heavy (non-hydrogen) atoms. The van der Waals surface area contributed by atoms with Crippen molar-refractivity contribution < 1.29 is 9.90 Å². The van der Waals surface area contributed by atoms with Crippen LogP contribution in [0.4, 0.5) is 0 Å². The summed E-state index contributed by atoms with van der Waals surface area (Å²) in [5, 5.41) is 13.4. The molecule has 0 spiro atoms. The fourth-order valence-electron chi connectivity index (χ4n) is 2.73. The van der Waals surface area contributed by atoms with Gasteiger partial charge in [0.25, 0.3) is 0 Å². The minimum absolute atomic E-state index is 0.000437. The summed E-state index contributed by atoms with van der Waals surface area (Å²) in [5.74, 6) is 2.01. The van der Waals surface area contributed by atoms with E-state index in [4.69, 9.17) is 11.6 Å². The zero-order chi connectivity index (χ0) is 15.8. The van der Waals surface area contributed by atoms with Crippen molar-refractivity contribution in [2.45, 2.75) is 44.0 Å². The lowest BCUT2D eigenvalue weighted by molar-refractivity contribution is -0.127. The molecule has 1 amide bonds. The van der Waals surface area contributed by atoms with Crippen LogP contribution in [-0.2, 0) is 10.5 Å². The van der Waals surface area contributed by atoms with Crippen LogP contribution in [0.5, 0.6) is 0 Å². The molecule has 2 N–H and O–H groups in total. The summed E-state index contributed by atoms with van der Waals surface area (Å²) in [4.78, 5) is 12.0. The average molecular weight is 342 g/mol. The van der Waals surface area contributed by atoms with Gasteiger partial charge in [-0.1, -0.05) is 36.2 Å². The van der Waals surface area contributed by atoms with Gasteiger partial charge in [-0.25, -0.2) is 0 Å². The summed E-state index contributed by atoms with van der Waals surface area (Å²) in [7, 11) is 0. The number of aliphatic hydroxyl groups is 1. The predicted octanol–water partition coefficient (Wildman–Crippen LogP) is 3.63. The largest absolute Gasteiger partial charge is 0.393 e. The summed E-state index contributed by atoms with van der Waals surface area (Å²) >= 11 is 7.95. The summed E-state index contributed by atoms with van der Waals surface area (Å²) in [6.07, 6.45) is 3.97. The monoisotopic (exact) mass is 341 g/mol. The first-order valence-corrected chi connectivity index (χ1v) is 9.47. The third kappa shape index (κ3) is 5.82. The smallest absolute Gasteiger partial charge is 0.223 e. The highest BCUT2D eigenvalue weighted by molar-refractivity contribution is 7.98. The molecule has 0 bridgehead atoms. The molecule has 0 aliphatic heterocycles. The number of hydrogen-bond acceptors (Lipinski definition) is 3. The molecular formula is C17H24ClNO2S. The average Bonchev–Trinajstić information content (AvgIpc) is 2.52. The second kappa shape index (κ2) is 9.43. The van der Waals surface area contributed by atoms with E-state index in [0.29, 0.717) is 13.0 Å². The van der Waals surface area contributed by atoms with E-state index in [0.717, 1.165) is 47.8 Å². The van der Waals surface area contributed by atoms with Gasteiger partial charge in [0.1, 0.15) is 0 Å². The van der Waals surface area contributed by atoms with Gasteiger partial charge >= 0.3 is 0 Å². The van der Waals surface area contributed by atoms with Gasteiger partial charge in [0, 0.05) is 23.2 Å². The summed E-state index contributed by atoms with van der Waals surface area (Å²) in [5.41, 5.74) is 1.16. The Morgan fingerprint density at radius 3 is 2.95 bits per heavy atom. The maximum Gasteiger partial charge on any atom is 0.223 e. The molecule has 122 valence electrons. The number of carbonyl (C=O) groups is 1. The molecule has 1 aromatic rings. The van der Waals surface area contributed by atoms with Gasteiger partial charge in [-0.15, -0.1) is 0 Å². The molecule has 2 rings (SSSR count). The Bertz CT molecular complexity index is 483. The SMILES string of the molecule is O=C(NCCCSCc1ccccc1Cl)[C@H]1CCC[C@@H](O)C1. The number of thioether (sulfide) groups is 1. The van der Waals surface area contributed by atoms with Crippen molar-refractivity contribution in [3.63, 3.8) is 0 Å². The Balaban J connectivity index is 1.55. The second-order valence-corrected chi connectivity index (χ2v) is 7.32. The molecule has 1 fully saturated rings. The van der Waals surface area contributed by atoms with E-state index in [-0.39, 0.29) is 17.9 Å². The highest BCUT2D eigenvalue weighted by Gasteiger charge is 2.25. The maximum absolute atomic E-state index is 12.0. The molecule has 1 aliphatic carbocycles. The van der Waals surface area contributed by atoms with Crippen LogP contribution in [0.1, 0.15) is 37.7 Å². The fourth-order valence-corrected chi connectivity index (χ4v) is 3.98. The van der Waals surface area contributed by atoms with Crippen molar-refractivity contribution in [3.8, 4) is 0 Å². The molecule has 1 saturated carbocycles. The molecule has 0 heterocycles. The first-order chi connectivity index (χ1) is 10.7. The summed E-state index contributed by atoms with van der Waals surface area (Å²) in [6, 6.07) is 7.90. The van der Waals surface area contributed by atoms with Crippen LogP contribution in [0.25, 0.3) is 0 Å². The lowest BCUT2D eigenvalue weighted by Crippen LogP contribution is -2.35. The number of benzene rings is 1. The maximum atomic E-state index is 12.0. The molecule has 0 radical (unpaired) electrons. The van der Waals surface area contributed by atoms with E-state index in [1.54, 1.807) is 0 Å². The number of amides is 1.